The Hall–Kier alpha value is -0.480. The SMILES string of the molecule is O=C(O)c1ccc(Br)cc1.S. The number of halogens is 1. The third-order valence-electron chi connectivity index (χ3n) is 1.09. The van der Waals surface area contributed by atoms with E-state index in [1.165, 1.54) is 0 Å². The van der Waals surface area contributed by atoms with Gasteiger partial charge in [-0.25, -0.2) is 4.79 Å². The van der Waals surface area contributed by atoms with Crippen LogP contribution in [0.25, 0.3) is 0 Å². The second-order valence-electron chi connectivity index (χ2n) is 1.81. The maximum atomic E-state index is 10.3. The predicted octanol–water partition coefficient (Wildman–Crippen LogP) is 2.26. The van der Waals surface area contributed by atoms with Crippen LogP contribution in [-0.4, -0.2) is 11.1 Å². The maximum absolute atomic E-state index is 10.3. The van der Waals surface area contributed by atoms with Crippen LogP contribution in [-0.2, 0) is 0 Å². The van der Waals surface area contributed by atoms with Crippen molar-refractivity contribution in [2.45, 2.75) is 0 Å². The van der Waals surface area contributed by atoms with Gasteiger partial charge in [-0.1, -0.05) is 15.9 Å². The number of hydrogen-bond donors (Lipinski definition) is 1. The summed E-state index contributed by atoms with van der Waals surface area (Å²) in [4.78, 5) is 10.3. The fourth-order valence-corrected chi connectivity index (χ4v) is 0.857. The van der Waals surface area contributed by atoms with Gasteiger partial charge < -0.3 is 5.11 Å². The van der Waals surface area contributed by atoms with Crippen molar-refractivity contribution in [1.82, 2.24) is 0 Å². The van der Waals surface area contributed by atoms with Crippen LogP contribution in [0, 0.1) is 0 Å². The molecule has 0 atom stereocenters. The molecular weight excluding hydrogens is 228 g/mol. The van der Waals surface area contributed by atoms with Crippen molar-refractivity contribution in [2.24, 2.45) is 0 Å². The number of carbonyl (C=O) groups is 1. The van der Waals surface area contributed by atoms with Gasteiger partial charge in [0.25, 0.3) is 0 Å². The van der Waals surface area contributed by atoms with Gasteiger partial charge in [-0.15, -0.1) is 0 Å². The zero-order valence-corrected chi connectivity index (χ0v) is 8.13. The topological polar surface area (TPSA) is 37.3 Å². The van der Waals surface area contributed by atoms with Crippen LogP contribution >= 0.6 is 29.4 Å². The molecule has 0 bridgehead atoms. The summed E-state index contributed by atoms with van der Waals surface area (Å²) in [6, 6.07) is 6.49. The van der Waals surface area contributed by atoms with Gasteiger partial charge in [0.05, 0.1) is 5.56 Å². The molecule has 0 aliphatic rings. The lowest BCUT2D eigenvalue weighted by Crippen LogP contribution is -1.94. The van der Waals surface area contributed by atoms with Crippen LogP contribution in [0.5, 0.6) is 0 Å². The highest BCUT2D eigenvalue weighted by molar-refractivity contribution is 9.10. The summed E-state index contributed by atoms with van der Waals surface area (Å²) in [5.74, 6) is -0.896. The van der Waals surface area contributed by atoms with E-state index in [4.69, 9.17) is 5.11 Å². The first-order valence-corrected chi connectivity index (χ1v) is 3.48. The van der Waals surface area contributed by atoms with E-state index < -0.39 is 5.97 Å². The summed E-state index contributed by atoms with van der Waals surface area (Å²) < 4.78 is 0.887. The predicted molar refractivity (Wildman–Crippen MR) is 51.5 cm³/mol. The zero-order valence-electron chi connectivity index (χ0n) is 5.54. The van der Waals surface area contributed by atoms with Crippen molar-refractivity contribution in [3.05, 3.63) is 34.3 Å². The molecule has 1 rings (SSSR count). The van der Waals surface area contributed by atoms with Crippen molar-refractivity contribution in [1.29, 1.82) is 0 Å². The van der Waals surface area contributed by atoms with E-state index >= 15 is 0 Å². The summed E-state index contributed by atoms with van der Waals surface area (Å²) in [7, 11) is 0. The third kappa shape index (κ3) is 2.95. The second kappa shape index (κ2) is 4.41. The fourth-order valence-electron chi connectivity index (χ4n) is 0.592. The van der Waals surface area contributed by atoms with Crippen LogP contribution < -0.4 is 0 Å². The molecule has 0 spiro atoms. The molecule has 4 heteroatoms. The van der Waals surface area contributed by atoms with E-state index in [1.807, 2.05) is 0 Å². The van der Waals surface area contributed by atoms with E-state index in [0.29, 0.717) is 5.56 Å². The lowest BCUT2D eigenvalue weighted by molar-refractivity contribution is 0.0697. The lowest BCUT2D eigenvalue weighted by Gasteiger charge is -1.91. The minimum atomic E-state index is -0.896. The van der Waals surface area contributed by atoms with Crippen molar-refractivity contribution in [3.8, 4) is 0 Å². The van der Waals surface area contributed by atoms with E-state index in [0.717, 1.165) is 4.47 Å². The van der Waals surface area contributed by atoms with Crippen LogP contribution in [0.15, 0.2) is 28.7 Å². The Morgan fingerprint density at radius 2 is 1.73 bits per heavy atom. The molecule has 0 fully saturated rings. The summed E-state index contributed by atoms with van der Waals surface area (Å²) >= 11 is 3.20. The molecule has 2 nitrogen and oxygen atoms in total. The van der Waals surface area contributed by atoms with Crippen molar-refractivity contribution in [3.63, 3.8) is 0 Å². The number of aromatic carboxylic acids is 1. The average molecular weight is 235 g/mol. The third-order valence-corrected chi connectivity index (χ3v) is 1.62. The number of carboxylic acids is 1. The Kier molecular flexibility index (Phi) is 4.22. The molecule has 0 saturated carbocycles. The highest BCUT2D eigenvalue weighted by Crippen LogP contribution is 2.09. The second-order valence-corrected chi connectivity index (χ2v) is 2.73. The number of benzene rings is 1. The summed E-state index contributed by atoms with van der Waals surface area (Å²) in [5.41, 5.74) is 0.309. The Labute approximate surface area is 79.8 Å². The van der Waals surface area contributed by atoms with E-state index in [2.05, 4.69) is 15.9 Å². The van der Waals surface area contributed by atoms with Gasteiger partial charge in [0.2, 0.25) is 0 Å². The highest BCUT2D eigenvalue weighted by atomic mass is 79.9. The number of carboxylic acid groups (broad SMARTS) is 1. The van der Waals surface area contributed by atoms with E-state index in [9.17, 15) is 4.79 Å². The Bertz CT molecular complexity index is 245. The Balaban J connectivity index is 0.000001000. The van der Waals surface area contributed by atoms with Crippen LogP contribution in [0.2, 0.25) is 0 Å². The summed E-state index contributed by atoms with van der Waals surface area (Å²) in [5, 5.41) is 8.46. The lowest BCUT2D eigenvalue weighted by atomic mass is 10.2. The van der Waals surface area contributed by atoms with Gasteiger partial charge in [-0.2, -0.15) is 13.5 Å². The molecule has 0 amide bonds. The van der Waals surface area contributed by atoms with Crippen LogP contribution in [0.3, 0.4) is 0 Å². The first kappa shape index (κ1) is 10.5. The normalized spacial score (nSPS) is 8.45. The zero-order chi connectivity index (χ0) is 7.56. The molecule has 0 aromatic heterocycles. The van der Waals surface area contributed by atoms with Gasteiger partial charge >= 0.3 is 5.97 Å². The highest BCUT2D eigenvalue weighted by Gasteiger charge is 1.98. The molecule has 1 aromatic rings. The van der Waals surface area contributed by atoms with Gasteiger partial charge in [-0.3, -0.25) is 0 Å². The smallest absolute Gasteiger partial charge is 0.335 e. The quantitative estimate of drug-likeness (QED) is 0.810. The molecule has 0 radical (unpaired) electrons. The van der Waals surface area contributed by atoms with Crippen molar-refractivity contribution < 1.29 is 9.90 Å². The van der Waals surface area contributed by atoms with E-state index in [1.54, 1.807) is 24.3 Å². The van der Waals surface area contributed by atoms with Crippen LogP contribution in [0.1, 0.15) is 10.4 Å². The first-order valence-electron chi connectivity index (χ1n) is 2.69. The molecule has 0 unspecified atom stereocenters. The minimum Gasteiger partial charge on any atom is -0.478 e. The van der Waals surface area contributed by atoms with E-state index in [-0.39, 0.29) is 13.5 Å². The average Bonchev–Trinajstić information content (AvgIpc) is 1.88. The molecule has 60 valence electrons. The Morgan fingerprint density at radius 1 is 1.27 bits per heavy atom. The molecule has 11 heavy (non-hydrogen) atoms. The monoisotopic (exact) mass is 234 g/mol. The molecule has 0 heterocycles. The van der Waals surface area contributed by atoms with Crippen molar-refractivity contribution >= 4 is 35.4 Å². The van der Waals surface area contributed by atoms with Crippen molar-refractivity contribution in [2.75, 3.05) is 0 Å². The number of rotatable bonds is 1. The van der Waals surface area contributed by atoms with Gasteiger partial charge in [0, 0.05) is 4.47 Å². The maximum Gasteiger partial charge on any atom is 0.335 e. The molecule has 1 N–H and O–H groups in total. The minimum absolute atomic E-state index is 0. The molecule has 0 aliphatic carbocycles. The largest absolute Gasteiger partial charge is 0.478 e. The standard InChI is InChI=1S/C7H5BrO2.H2S/c8-6-3-1-5(2-4-6)7(9)10;/h1-4H,(H,9,10);1H2. The first-order chi connectivity index (χ1) is 4.70. The Morgan fingerprint density at radius 3 is 2.09 bits per heavy atom. The summed E-state index contributed by atoms with van der Waals surface area (Å²) in [6.45, 7) is 0. The molecular formula is C7H7BrO2S. The molecule has 0 aliphatic heterocycles. The molecule has 1 aromatic carbocycles. The van der Waals surface area contributed by atoms with Gasteiger partial charge in [-0.05, 0) is 24.3 Å². The van der Waals surface area contributed by atoms with Gasteiger partial charge in [0.1, 0.15) is 0 Å². The summed E-state index contributed by atoms with van der Waals surface area (Å²) in [6.07, 6.45) is 0. The molecule has 0 saturated heterocycles. The number of hydrogen-bond acceptors (Lipinski definition) is 1. The van der Waals surface area contributed by atoms with Crippen LogP contribution in [0.4, 0.5) is 0 Å². The fraction of sp³-hybridized carbons (Fsp3) is 0. The van der Waals surface area contributed by atoms with Gasteiger partial charge in [0.15, 0.2) is 0 Å².